The average molecular weight is 1300 g/mol. The lowest BCUT2D eigenvalue weighted by Gasteiger charge is -2.36. The van der Waals surface area contributed by atoms with E-state index < -0.39 is 208 Å². The second-order valence-corrected chi connectivity index (χ2v) is 25.9. The van der Waals surface area contributed by atoms with Gasteiger partial charge >= 0.3 is 11.9 Å². The molecule has 1 aromatic carbocycles. The first kappa shape index (κ1) is 71.0. The molecule has 504 valence electrons. The molecule has 0 saturated carbocycles. The molecule has 1 aliphatic carbocycles. The summed E-state index contributed by atoms with van der Waals surface area (Å²) in [5.41, 5.74) is 11.8. The van der Waals surface area contributed by atoms with Gasteiger partial charge in [-0.25, -0.2) is 14.6 Å². The molecule has 31 heteroatoms. The molecule has 5 aliphatic heterocycles. The highest BCUT2D eigenvalue weighted by molar-refractivity contribution is 6.11. The Kier molecular flexibility index (Phi) is 21.9. The van der Waals surface area contributed by atoms with Crippen LogP contribution in [0.1, 0.15) is 127 Å². The molecule has 0 bridgehead atoms. The van der Waals surface area contributed by atoms with E-state index in [4.69, 9.17) is 24.6 Å². The fourth-order valence-corrected chi connectivity index (χ4v) is 12.5. The molecule has 10 unspecified atom stereocenters. The summed E-state index contributed by atoms with van der Waals surface area (Å²) in [5.74, 6) is -13.2. The number of nitrogens with one attached hydrogen (secondary N) is 4. The van der Waals surface area contributed by atoms with Crippen LogP contribution >= 0.6 is 0 Å². The molecule has 10 atom stereocenters. The SMILES string of the molecule is Cc1c2oc3c(C)c(N=[N+]=[N-])cc(C(=O)NC4C(=O)NC(C(C)C)C(=O)N5CCCC5C(=O)N(C)CC(=O)N(C)C(C(C)C)C(=O)OC4C)c3nc-2c(C(=O)NC2C(=O)NC(C(C)C)C(=O)N3CCCC3C(=O)N(C)CC(=O)N(C)C(C(C)C)C(=O)OC2C)c(N)c1=O. The zero-order valence-corrected chi connectivity index (χ0v) is 55.4. The van der Waals surface area contributed by atoms with Crippen LogP contribution < -0.4 is 32.4 Å². The van der Waals surface area contributed by atoms with Crippen molar-refractivity contribution in [3.63, 3.8) is 0 Å². The standard InChI is InChI=1S/C62H85N15O16/c1-26(2)42-59(87)76-21-17-19-36(76)57(85)72(13)24-38(78)74(15)48(28(5)6)61(89)91-32(11)44(55(83)66-42)68-53(81)34-23-35(70-71-64)30(9)51-46(34)65-47-40(41(63)50(80)31(10)52(47)93-51)54(82)69-45-33(12)92-62(90)49(29(7)8)75(16)39(79)25-73(14)58(86)37-20-18-22-77(37)60(88)43(27(3)4)67-56(45)84/h23,26-29,32-33,36-37,42-45,48-49H,17-22,24-25,63H2,1-16H3,(H,66,83)(H,67,84)(H,68,81)(H,69,82). The van der Waals surface area contributed by atoms with E-state index in [9.17, 15) is 58.3 Å². The lowest BCUT2D eigenvalue weighted by atomic mass is 9.98. The van der Waals surface area contributed by atoms with Crippen molar-refractivity contribution in [1.29, 1.82) is 0 Å². The first-order valence-corrected chi connectivity index (χ1v) is 31.1. The van der Waals surface area contributed by atoms with Gasteiger partial charge in [0.25, 0.3) is 11.8 Å². The van der Waals surface area contributed by atoms with Crippen LogP contribution in [0, 0.1) is 37.5 Å². The van der Waals surface area contributed by atoms with Crippen LogP contribution in [0.3, 0.4) is 0 Å². The molecule has 1 aromatic rings. The Morgan fingerprint density at radius 3 is 1.49 bits per heavy atom. The number of carbonyl (C=O) groups is 12. The van der Waals surface area contributed by atoms with E-state index in [0.717, 1.165) is 15.9 Å². The topological polar surface area (TPSA) is 409 Å². The molecule has 0 spiro atoms. The van der Waals surface area contributed by atoms with Crippen molar-refractivity contribution in [2.75, 3.05) is 60.1 Å². The Bertz CT molecular complexity index is 3620. The molecule has 4 saturated heterocycles. The minimum Gasteiger partial charge on any atom is -0.458 e. The van der Waals surface area contributed by atoms with Crippen molar-refractivity contribution in [1.82, 2.24) is 55.7 Å². The van der Waals surface area contributed by atoms with Crippen molar-refractivity contribution < 1.29 is 71.4 Å². The van der Waals surface area contributed by atoms with Crippen molar-refractivity contribution in [3.05, 3.63) is 49.0 Å². The molecule has 10 amide bonds. The number of fused-ring (bicyclic) bond motifs is 4. The number of likely N-dealkylation sites (N-methyl/N-ethyl adjacent to an activating group) is 4. The minimum atomic E-state index is -1.93. The summed E-state index contributed by atoms with van der Waals surface area (Å²) >= 11 is 0. The second kappa shape index (κ2) is 28.6. The molecular weight excluding hydrogens is 1210 g/mol. The van der Waals surface area contributed by atoms with Crippen molar-refractivity contribution in [2.45, 2.75) is 169 Å². The maximum absolute atomic E-state index is 15.3. The summed E-state index contributed by atoms with van der Waals surface area (Å²) in [6.45, 7) is 17.8. The van der Waals surface area contributed by atoms with Gasteiger partial charge in [0.15, 0.2) is 11.3 Å². The average Bonchev–Trinajstić information content (AvgIpc) is 1.16. The Labute approximate surface area is 537 Å². The van der Waals surface area contributed by atoms with Crippen molar-refractivity contribution in [2.24, 2.45) is 28.8 Å². The van der Waals surface area contributed by atoms with Crippen LogP contribution in [-0.2, 0) is 57.4 Å². The number of azide groups is 1. The highest BCUT2D eigenvalue weighted by Crippen LogP contribution is 2.38. The van der Waals surface area contributed by atoms with Crippen molar-refractivity contribution in [3.8, 4) is 11.5 Å². The molecule has 31 nitrogen and oxygen atoms in total. The fraction of sp³-hybridized carbons (Fsp3) is 0.613. The zero-order chi connectivity index (χ0) is 69.3. The normalized spacial score (nSPS) is 25.6. The summed E-state index contributed by atoms with van der Waals surface area (Å²) < 4.78 is 18.3. The number of benzene rings is 2. The number of amides is 10. The van der Waals surface area contributed by atoms with Gasteiger partial charge in [0.05, 0.1) is 29.9 Å². The summed E-state index contributed by atoms with van der Waals surface area (Å²) in [6.07, 6.45) is -1.88. The van der Waals surface area contributed by atoms with E-state index in [1.165, 1.54) is 75.5 Å². The number of nitrogens with two attached hydrogens (primary N) is 1. The van der Waals surface area contributed by atoms with E-state index in [1.807, 2.05) is 0 Å². The minimum absolute atomic E-state index is 0.0473. The molecule has 7 rings (SSSR count). The maximum Gasteiger partial charge on any atom is 0.329 e. The predicted molar refractivity (Wildman–Crippen MR) is 334 cm³/mol. The third-order valence-electron chi connectivity index (χ3n) is 17.8. The lowest BCUT2D eigenvalue weighted by Crippen LogP contribution is -2.61. The highest BCUT2D eigenvalue weighted by atomic mass is 16.6. The maximum atomic E-state index is 15.3. The Balaban J connectivity index is 1.37. The first-order chi connectivity index (χ1) is 43.6. The summed E-state index contributed by atoms with van der Waals surface area (Å²) in [5, 5.41) is 14.3. The van der Waals surface area contributed by atoms with Crippen molar-refractivity contribution >= 4 is 93.5 Å². The van der Waals surface area contributed by atoms with E-state index in [1.54, 1.807) is 55.4 Å². The lowest BCUT2D eigenvalue weighted by molar-refractivity contribution is -0.163. The van der Waals surface area contributed by atoms with Gasteiger partial charge in [-0.3, -0.25) is 52.7 Å². The number of hydrogen-bond acceptors (Lipinski definition) is 19. The third-order valence-corrected chi connectivity index (χ3v) is 17.8. The Morgan fingerprint density at radius 2 is 1.09 bits per heavy atom. The van der Waals surface area contributed by atoms with Crippen LogP contribution in [0.15, 0.2) is 20.4 Å². The molecule has 0 radical (unpaired) electrons. The van der Waals surface area contributed by atoms with E-state index in [2.05, 4.69) is 31.3 Å². The quantitative estimate of drug-likeness (QED) is 0.0508. The van der Waals surface area contributed by atoms with Crippen LogP contribution in [0.25, 0.3) is 33.0 Å². The number of aryl methyl sites for hydroxylation is 1. The van der Waals surface area contributed by atoms with E-state index in [0.29, 0.717) is 12.8 Å². The molecule has 5 heterocycles. The second-order valence-electron chi connectivity index (χ2n) is 25.9. The molecule has 6 N–H and O–H groups in total. The molecule has 0 aromatic heterocycles. The van der Waals surface area contributed by atoms with E-state index in [-0.39, 0.29) is 48.3 Å². The Hall–Kier alpha value is -9.41. The predicted octanol–water partition coefficient (Wildman–Crippen LogP) is 1.67. The Morgan fingerprint density at radius 1 is 0.656 bits per heavy atom. The largest absolute Gasteiger partial charge is 0.458 e. The molecule has 93 heavy (non-hydrogen) atoms. The van der Waals surface area contributed by atoms with Crippen LogP contribution in [-0.4, -0.2) is 220 Å². The molecular formula is C62H85N15O16. The van der Waals surface area contributed by atoms with E-state index >= 15 is 9.59 Å². The summed E-state index contributed by atoms with van der Waals surface area (Å²) in [6, 6.07) is -10.0. The number of ether oxygens (including phenoxy) is 2. The highest BCUT2D eigenvalue weighted by Gasteiger charge is 2.47. The number of nitrogen functional groups attached to an aromatic ring is 1. The first-order valence-electron chi connectivity index (χ1n) is 31.1. The van der Waals surface area contributed by atoms with Crippen LogP contribution in [0.5, 0.6) is 0 Å². The van der Waals surface area contributed by atoms with Gasteiger partial charge in [0.2, 0.25) is 52.7 Å². The van der Waals surface area contributed by atoms with Gasteiger partial charge < -0.3 is 70.3 Å². The van der Waals surface area contributed by atoms with Gasteiger partial charge in [-0.2, -0.15) is 0 Å². The van der Waals surface area contributed by atoms with Crippen LogP contribution in [0.4, 0.5) is 11.4 Å². The number of rotatable bonds is 9. The molecule has 4 fully saturated rings. The van der Waals surface area contributed by atoms with Gasteiger partial charge in [-0.1, -0.05) is 60.5 Å². The summed E-state index contributed by atoms with van der Waals surface area (Å²) in [4.78, 5) is 203. The van der Waals surface area contributed by atoms with Gasteiger partial charge in [-0.15, -0.1) is 0 Å². The van der Waals surface area contributed by atoms with Crippen LogP contribution in [0.2, 0.25) is 0 Å². The zero-order valence-electron chi connectivity index (χ0n) is 55.4. The summed E-state index contributed by atoms with van der Waals surface area (Å²) in [7, 11) is 5.51. The number of anilines is 1. The van der Waals surface area contributed by atoms with Gasteiger partial charge in [0, 0.05) is 63.0 Å². The number of esters is 2. The third kappa shape index (κ3) is 14.3. The smallest absolute Gasteiger partial charge is 0.329 e. The number of aromatic nitrogens is 1. The fourth-order valence-electron chi connectivity index (χ4n) is 12.5. The van der Waals surface area contributed by atoms with Gasteiger partial charge in [0.1, 0.15) is 71.8 Å². The van der Waals surface area contributed by atoms with Gasteiger partial charge in [-0.05, 0) is 88.6 Å². The number of cyclic esters (lactones) is 2. The molecule has 6 aliphatic rings. The number of nitrogens with zero attached hydrogens (tertiary/aromatic N) is 10. The number of carbonyl (C=O) groups excluding carboxylic acids is 12. The monoisotopic (exact) mass is 1300 g/mol. The number of hydrogen-bond donors (Lipinski definition) is 5.